The summed E-state index contributed by atoms with van der Waals surface area (Å²) in [6.45, 7) is 4.93. The normalized spacial score (nSPS) is 14.9. The quantitative estimate of drug-likeness (QED) is 0.308. The van der Waals surface area contributed by atoms with Gasteiger partial charge in [-0.2, -0.15) is 9.97 Å². The van der Waals surface area contributed by atoms with Crippen molar-refractivity contribution in [1.82, 2.24) is 24.8 Å². The maximum Gasteiger partial charge on any atom is 0.242 e. The molecule has 10 heteroatoms. The molecule has 0 radical (unpaired) electrons. The average Bonchev–Trinajstić information content (AvgIpc) is 3.30. The second-order valence-corrected chi connectivity index (χ2v) is 10.1. The van der Waals surface area contributed by atoms with Crippen LogP contribution in [0.2, 0.25) is 10.0 Å². The minimum Gasteiger partial charge on any atom is -0.358 e. The smallest absolute Gasteiger partial charge is 0.242 e. The maximum absolute atomic E-state index is 13.4. The summed E-state index contributed by atoms with van der Waals surface area (Å²) in [5, 5.41) is 10.7. The number of carbonyl (C=O) groups excluding carboxylic acids is 1. The lowest BCUT2D eigenvalue weighted by Gasteiger charge is -2.27. The van der Waals surface area contributed by atoms with Crippen LogP contribution in [0.1, 0.15) is 56.7 Å². The lowest BCUT2D eigenvalue weighted by atomic mass is 9.84. The molecule has 1 aromatic carbocycles. The lowest BCUT2D eigenvalue weighted by Crippen LogP contribution is -2.41. The molecule has 3 N–H and O–H groups in total. The highest BCUT2D eigenvalue weighted by atomic mass is 35.5. The number of benzene rings is 1. The summed E-state index contributed by atoms with van der Waals surface area (Å²) >= 11 is 12.3. The van der Waals surface area contributed by atoms with Crippen LogP contribution in [0.3, 0.4) is 0 Å². The predicted molar refractivity (Wildman–Crippen MR) is 145 cm³/mol. The summed E-state index contributed by atoms with van der Waals surface area (Å²) in [5.74, 6) is 2.16. The van der Waals surface area contributed by atoms with E-state index in [2.05, 4.69) is 30.9 Å². The molecule has 2 aromatic heterocycles. The third-order valence-corrected chi connectivity index (χ3v) is 7.01. The minimum absolute atomic E-state index is 0.0878. The third-order valence-electron chi connectivity index (χ3n) is 6.42. The van der Waals surface area contributed by atoms with E-state index in [0.29, 0.717) is 46.6 Å². The largest absolute Gasteiger partial charge is 0.358 e. The van der Waals surface area contributed by atoms with E-state index in [-0.39, 0.29) is 5.91 Å². The van der Waals surface area contributed by atoms with E-state index < -0.39 is 6.04 Å². The Labute approximate surface area is 222 Å². The highest BCUT2D eigenvalue weighted by Gasteiger charge is 2.25. The third kappa shape index (κ3) is 7.11. The Morgan fingerprint density at radius 1 is 1.17 bits per heavy atom. The van der Waals surface area contributed by atoms with E-state index in [0.717, 1.165) is 30.5 Å². The van der Waals surface area contributed by atoms with Crippen molar-refractivity contribution in [2.75, 3.05) is 17.2 Å². The van der Waals surface area contributed by atoms with Crippen LogP contribution in [-0.4, -0.2) is 38.0 Å². The topological polar surface area (TPSA) is 96.8 Å². The van der Waals surface area contributed by atoms with Gasteiger partial charge in [-0.15, -0.1) is 0 Å². The van der Waals surface area contributed by atoms with Gasteiger partial charge in [0, 0.05) is 35.4 Å². The molecule has 4 rings (SSSR count). The first-order valence-electron chi connectivity index (χ1n) is 12.5. The Hall–Kier alpha value is -2.84. The Morgan fingerprint density at radius 2 is 1.97 bits per heavy atom. The molecule has 0 saturated heterocycles. The highest BCUT2D eigenvalue weighted by molar-refractivity contribution is 6.35. The van der Waals surface area contributed by atoms with Gasteiger partial charge in [-0.3, -0.25) is 9.36 Å². The molecule has 1 fully saturated rings. The van der Waals surface area contributed by atoms with Crippen LogP contribution in [0.25, 0.3) is 5.82 Å². The van der Waals surface area contributed by atoms with Gasteiger partial charge in [-0.25, -0.2) is 4.98 Å². The fourth-order valence-corrected chi connectivity index (χ4v) is 5.04. The minimum atomic E-state index is -0.444. The summed E-state index contributed by atoms with van der Waals surface area (Å²) in [4.78, 5) is 27.0. The van der Waals surface area contributed by atoms with Crippen LogP contribution in [0, 0.1) is 12.8 Å². The SMILES string of the molecule is CCNc1nc(NC(CC2CCCCC2)C(=O)NCc2ccc(Cl)cc2Cl)cc(-n2cnc(C)c2)n1. The zero-order valence-electron chi connectivity index (χ0n) is 20.7. The number of amides is 1. The predicted octanol–water partition coefficient (Wildman–Crippen LogP) is 5.78. The van der Waals surface area contributed by atoms with Crippen molar-refractivity contribution in [3.63, 3.8) is 0 Å². The van der Waals surface area contributed by atoms with Crippen molar-refractivity contribution in [2.24, 2.45) is 5.92 Å². The van der Waals surface area contributed by atoms with Crippen LogP contribution < -0.4 is 16.0 Å². The number of aryl methyl sites for hydroxylation is 1. The lowest BCUT2D eigenvalue weighted by molar-refractivity contribution is -0.122. The average molecular weight is 531 g/mol. The van der Waals surface area contributed by atoms with E-state index in [1.807, 2.05) is 36.7 Å². The number of nitrogens with one attached hydrogen (secondary N) is 3. The fourth-order valence-electron chi connectivity index (χ4n) is 4.56. The zero-order valence-corrected chi connectivity index (χ0v) is 22.2. The summed E-state index contributed by atoms with van der Waals surface area (Å²) in [6.07, 6.45) is 10.3. The van der Waals surface area contributed by atoms with Crippen molar-refractivity contribution >= 4 is 40.9 Å². The molecule has 0 bridgehead atoms. The van der Waals surface area contributed by atoms with Gasteiger partial charge in [0.1, 0.15) is 24.0 Å². The van der Waals surface area contributed by atoms with Crippen LogP contribution in [0.5, 0.6) is 0 Å². The van der Waals surface area contributed by atoms with Gasteiger partial charge >= 0.3 is 0 Å². The van der Waals surface area contributed by atoms with Crippen molar-refractivity contribution < 1.29 is 4.79 Å². The second kappa shape index (κ2) is 12.4. The summed E-state index contributed by atoms with van der Waals surface area (Å²) in [5.41, 5.74) is 1.71. The van der Waals surface area contributed by atoms with Crippen molar-refractivity contribution in [2.45, 2.75) is 65.0 Å². The van der Waals surface area contributed by atoms with Crippen molar-refractivity contribution in [1.29, 1.82) is 0 Å². The van der Waals surface area contributed by atoms with Crippen LogP contribution in [0.15, 0.2) is 36.8 Å². The molecule has 192 valence electrons. The number of anilines is 2. The van der Waals surface area contributed by atoms with Gasteiger partial charge in [-0.05, 0) is 43.9 Å². The molecular formula is C26H33Cl2N7O. The molecular weight excluding hydrogens is 497 g/mol. The Bertz CT molecular complexity index is 1180. The van der Waals surface area contributed by atoms with Crippen LogP contribution in [0.4, 0.5) is 11.8 Å². The highest BCUT2D eigenvalue weighted by Crippen LogP contribution is 2.29. The first-order chi connectivity index (χ1) is 17.4. The molecule has 1 aliphatic carbocycles. The van der Waals surface area contributed by atoms with Crippen LogP contribution >= 0.6 is 23.2 Å². The van der Waals surface area contributed by atoms with E-state index in [1.54, 1.807) is 18.5 Å². The van der Waals surface area contributed by atoms with Gasteiger partial charge in [0.15, 0.2) is 0 Å². The molecule has 0 spiro atoms. The first-order valence-corrected chi connectivity index (χ1v) is 13.3. The van der Waals surface area contributed by atoms with Gasteiger partial charge in [0.25, 0.3) is 0 Å². The van der Waals surface area contributed by atoms with E-state index in [4.69, 9.17) is 23.2 Å². The first kappa shape index (κ1) is 26.2. The van der Waals surface area contributed by atoms with Gasteiger partial charge in [-0.1, -0.05) is 61.4 Å². The molecule has 8 nitrogen and oxygen atoms in total. The molecule has 1 aliphatic rings. The number of hydrogen-bond donors (Lipinski definition) is 3. The molecule has 1 amide bonds. The molecule has 2 heterocycles. The zero-order chi connectivity index (χ0) is 25.5. The monoisotopic (exact) mass is 529 g/mol. The van der Waals surface area contributed by atoms with Gasteiger partial charge < -0.3 is 16.0 Å². The maximum atomic E-state index is 13.4. The molecule has 1 atom stereocenters. The van der Waals surface area contributed by atoms with E-state index in [9.17, 15) is 4.79 Å². The van der Waals surface area contributed by atoms with Crippen molar-refractivity contribution in [3.05, 3.63) is 58.1 Å². The molecule has 3 aromatic rings. The fraction of sp³-hybridized carbons (Fsp3) is 0.462. The number of rotatable bonds is 10. The standard InChI is InChI=1S/C26H33Cl2N7O/c1-3-29-26-33-23(13-24(34-26)35-15-17(2)31-16-35)32-22(11-18-7-5-4-6-8-18)25(36)30-14-19-9-10-20(27)12-21(19)28/h9-10,12-13,15-16,18,22H,3-8,11,14H2,1-2H3,(H,30,36)(H2,29,32,33,34). The Balaban J connectivity index is 1.55. The van der Waals surface area contributed by atoms with E-state index >= 15 is 0 Å². The molecule has 1 saturated carbocycles. The Kier molecular flexibility index (Phi) is 9.04. The second-order valence-electron chi connectivity index (χ2n) is 9.28. The van der Waals surface area contributed by atoms with Gasteiger partial charge in [0.2, 0.25) is 11.9 Å². The summed E-state index contributed by atoms with van der Waals surface area (Å²) in [7, 11) is 0. The molecule has 36 heavy (non-hydrogen) atoms. The number of imidazole rings is 1. The number of nitrogens with zero attached hydrogens (tertiary/aromatic N) is 4. The van der Waals surface area contributed by atoms with Crippen LogP contribution in [-0.2, 0) is 11.3 Å². The summed E-state index contributed by atoms with van der Waals surface area (Å²) in [6, 6.07) is 6.70. The number of hydrogen-bond acceptors (Lipinski definition) is 6. The molecule has 0 aliphatic heterocycles. The van der Waals surface area contributed by atoms with Crippen molar-refractivity contribution in [3.8, 4) is 5.82 Å². The number of halogens is 2. The Morgan fingerprint density at radius 3 is 2.67 bits per heavy atom. The molecule has 1 unspecified atom stereocenters. The number of aromatic nitrogens is 4. The van der Waals surface area contributed by atoms with E-state index in [1.165, 1.54) is 19.3 Å². The summed E-state index contributed by atoms with van der Waals surface area (Å²) < 4.78 is 1.85. The van der Waals surface area contributed by atoms with Gasteiger partial charge in [0.05, 0.1) is 5.69 Å². The number of carbonyl (C=O) groups is 1.